The minimum atomic E-state index is -4.50. The second-order valence-electron chi connectivity index (χ2n) is 9.30. The van der Waals surface area contributed by atoms with Crippen molar-refractivity contribution >= 4 is 37.2 Å². The molecule has 4 N–H and O–H groups in total. The Morgan fingerprint density at radius 2 is 0.860 bits per heavy atom. The number of rotatable bonds is 18. The van der Waals surface area contributed by atoms with E-state index in [4.69, 9.17) is 33.0 Å². The summed E-state index contributed by atoms with van der Waals surface area (Å²) in [4.78, 5) is 27.5. The molecule has 232 valence electrons. The first-order chi connectivity index (χ1) is 20.6. The summed E-state index contributed by atoms with van der Waals surface area (Å²) in [5.41, 5.74) is 0. The highest BCUT2D eigenvalue weighted by molar-refractivity contribution is 7.47. The van der Waals surface area contributed by atoms with E-state index >= 15 is 0 Å². The van der Waals surface area contributed by atoms with Crippen LogP contribution in [0.1, 0.15) is 19.3 Å². The van der Waals surface area contributed by atoms with Crippen LogP contribution in [0.5, 0.6) is 23.0 Å². The minimum absolute atomic E-state index is 0.0442. The van der Waals surface area contributed by atoms with Gasteiger partial charge >= 0.3 is 15.6 Å². The topological polar surface area (TPSA) is 170 Å². The van der Waals surface area contributed by atoms with E-state index in [0.717, 1.165) is 16.2 Å². The molecule has 1 unspecified atom stereocenters. The van der Waals surface area contributed by atoms with E-state index in [9.17, 15) is 19.1 Å². The highest BCUT2D eigenvalue weighted by atomic mass is 31.2. The first-order valence-electron chi connectivity index (χ1n) is 13.6. The molecule has 0 aromatic heterocycles. The zero-order chi connectivity index (χ0) is 30.7. The van der Waals surface area contributed by atoms with Crippen LogP contribution in [-0.4, -0.2) is 59.4 Å². The summed E-state index contributed by atoms with van der Waals surface area (Å²) in [6.45, 7) is 0.429. The van der Waals surface area contributed by atoms with Crippen molar-refractivity contribution in [1.29, 1.82) is 0 Å². The molecule has 0 aliphatic carbocycles. The van der Waals surface area contributed by atoms with Crippen molar-refractivity contribution in [3.05, 3.63) is 72.8 Å². The molecule has 14 heteroatoms. The fourth-order valence-corrected chi connectivity index (χ4v) is 5.36. The van der Waals surface area contributed by atoms with Crippen molar-refractivity contribution in [3.63, 3.8) is 0 Å². The Morgan fingerprint density at radius 3 is 1.30 bits per heavy atom. The number of ether oxygens (including phenoxy) is 3. The number of phosphoric acid groups is 2. The molecule has 0 heterocycles. The van der Waals surface area contributed by atoms with E-state index in [1.165, 1.54) is 0 Å². The van der Waals surface area contributed by atoms with Crippen LogP contribution in [0.4, 0.5) is 0 Å². The van der Waals surface area contributed by atoms with Crippen molar-refractivity contribution in [2.45, 2.75) is 19.3 Å². The van der Waals surface area contributed by atoms with Crippen molar-refractivity contribution in [2.75, 3.05) is 39.6 Å². The minimum Gasteiger partial charge on any atom is -0.507 e. The zero-order valence-electron chi connectivity index (χ0n) is 23.2. The van der Waals surface area contributed by atoms with Crippen molar-refractivity contribution in [2.24, 2.45) is 0 Å². The van der Waals surface area contributed by atoms with Gasteiger partial charge in [0.25, 0.3) is 0 Å². The summed E-state index contributed by atoms with van der Waals surface area (Å²) < 4.78 is 54.9. The number of benzene rings is 4. The Morgan fingerprint density at radius 1 is 0.488 bits per heavy atom. The van der Waals surface area contributed by atoms with Crippen molar-refractivity contribution in [3.8, 4) is 23.0 Å². The van der Waals surface area contributed by atoms with Gasteiger partial charge in [0.2, 0.25) is 0 Å². The molecule has 0 bridgehead atoms. The Hall–Kier alpha value is -3.18. The van der Waals surface area contributed by atoms with Gasteiger partial charge in [0.15, 0.2) is 0 Å². The normalized spacial score (nSPS) is 13.2. The summed E-state index contributed by atoms with van der Waals surface area (Å²) in [5, 5.41) is 13.0. The maximum Gasteiger partial charge on any atom is 0.472 e. The van der Waals surface area contributed by atoms with Gasteiger partial charge in [-0.2, -0.15) is 0 Å². The Balaban J connectivity index is 1.15. The standard InChI is InChI=1S/C29H34O12P2/c30-26-12-1-9-23-22(26)8-2-13-27(23)36-17-6-20-40-43(34,35)41-21-7-18-38-29-15-4-10-24-25(29)11-3-14-28(24)37-16-5-19-39-42(31,32)33/h1-4,8-15,30H,5-7,16-21H2,(H,34,35)(H2,31,32,33). The van der Waals surface area contributed by atoms with Crippen LogP contribution >= 0.6 is 15.6 Å². The van der Waals surface area contributed by atoms with Crippen LogP contribution < -0.4 is 14.2 Å². The van der Waals surface area contributed by atoms with Crippen LogP contribution in [0.25, 0.3) is 21.5 Å². The van der Waals surface area contributed by atoms with E-state index in [-0.39, 0.29) is 45.4 Å². The maximum absolute atomic E-state index is 12.2. The lowest BCUT2D eigenvalue weighted by Crippen LogP contribution is -2.06. The van der Waals surface area contributed by atoms with E-state index in [1.807, 2.05) is 24.3 Å². The summed E-state index contributed by atoms with van der Waals surface area (Å²) in [5.74, 6) is 1.94. The molecule has 0 saturated carbocycles. The van der Waals surface area contributed by atoms with Gasteiger partial charge in [-0.05, 0) is 24.3 Å². The average molecular weight is 637 g/mol. The molecule has 1 atom stereocenters. The second kappa shape index (κ2) is 15.5. The molecule has 0 radical (unpaired) electrons. The van der Waals surface area contributed by atoms with Crippen LogP contribution in [-0.2, 0) is 22.7 Å². The zero-order valence-corrected chi connectivity index (χ0v) is 25.0. The molecule has 0 aliphatic heterocycles. The molecule has 4 rings (SSSR count). The van der Waals surface area contributed by atoms with Crippen LogP contribution in [0.3, 0.4) is 0 Å². The van der Waals surface area contributed by atoms with Gasteiger partial charge in [-0.15, -0.1) is 0 Å². The molecule has 0 aliphatic rings. The van der Waals surface area contributed by atoms with Crippen LogP contribution in [0.15, 0.2) is 72.8 Å². The summed E-state index contributed by atoms with van der Waals surface area (Å²) in [7, 11) is -8.75. The molecular formula is C29H34O12P2. The van der Waals surface area contributed by atoms with E-state index in [2.05, 4.69) is 4.52 Å². The second-order valence-corrected chi connectivity index (χ2v) is 12.0. The highest BCUT2D eigenvalue weighted by Gasteiger charge is 2.20. The van der Waals surface area contributed by atoms with Gasteiger partial charge in [-0.1, -0.05) is 48.5 Å². The summed E-state index contributed by atoms with van der Waals surface area (Å²) in [6, 6.07) is 21.5. The average Bonchev–Trinajstić information content (AvgIpc) is 2.96. The van der Waals surface area contributed by atoms with Crippen molar-refractivity contribution < 1.29 is 56.7 Å². The van der Waals surface area contributed by atoms with Crippen LogP contribution in [0, 0.1) is 0 Å². The molecule has 0 fully saturated rings. The largest absolute Gasteiger partial charge is 0.507 e. The van der Waals surface area contributed by atoms with E-state index in [1.54, 1.807) is 48.5 Å². The third kappa shape index (κ3) is 10.2. The number of hydrogen-bond acceptors (Lipinski definition) is 9. The lowest BCUT2D eigenvalue weighted by Gasteiger charge is -2.14. The highest BCUT2D eigenvalue weighted by Crippen LogP contribution is 2.43. The maximum atomic E-state index is 12.2. The van der Waals surface area contributed by atoms with Gasteiger partial charge in [0.05, 0.1) is 39.6 Å². The summed E-state index contributed by atoms with van der Waals surface area (Å²) in [6.07, 6.45) is 0.971. The lowest BCUT2D eigenvalue weighted by molar-refractivity contribution is 0.134. The summed E-state index contributed by atoms with van der Waals surface area (Å²) >= 11 is 0. The molecule has 12 nitrogen and oxygen atoms in total. The van der Waals surface area contributed by atoms with Gasteiger partial charge < -0.3 is 34.0 Å². The van der Waals surface area contributed by atoms with Gasteiger partial charge in [-0.25, -0.2) is 9.13 Å². The molecule has 0 saturated heterocycles. The van der Waals surface area contributed by atoms with Gasteiger partial charge in [-0.3, -0.25) is 13.6 Å². The smallest absolute Gasteiger partial charge is 0.472 e. The fourth-order valence-electron chi connectivity index (χ4n) is 4.20. The monoisotopic (exact) mass is 636 g/mol. The Bertz CT molecular complexity index is 1590. The number of phenolic OH excluding ortho intramolecular Hbond substituents is 1. The first kappa shape index (κ1) is 32.7. The first-order valence-corrected chi connectivity index (χ1v) is 16.6. The Kier molecular flexibility index (Phi) is 11.8. The quantitative estimate of drug-likeness (QED) is 0.0749. The number of hydrogen-bond donors (Lipinski definition) is 4. The third-order valence-corrected chi connectivity index (χ3v) is 7.64. The van der Waals surface area contributed by atoms with Crippen molar-refractivity contribution in [1.82, 2.24) is 0 Å². The molecule has 43 heavy (non-hydrogen) atoms. The van der Waals surface area contributed by atoms with Gasteiger partial charge in [0.1, 0.15) is 23.0 Å². The number of fused-ring (bicyclic) bond motifs is 2. The fraction of sp³-hybridized carbons (Fsp3) is 0.310. The lowest BCUT2D eigenvalue weighted by atomic mass is 10.1. The SMILES string of the molecule is O=P(O)(O)OCCCOc1cccc2c(OCCCOP(=O)(O)OCCCOc3cccc4c(O)cccc34)cccc12. The molecule has 4 aromatic carbocycles. The number of aromatic hydroxyl groups is 1. The number of phenols is 1. The van der Waals surface area contributed by atoms with E-state index in [0.29, 0.717) is 41.9 Å². The predicted molar refractivity (Wildman–Crippen MR) is 160 cm³/mol. The molecule has 4 aromatic rings. The molecule has 0 spiro atoms. The third-order valence-electron chi connectivity index (χ3n) is 6.11. The van der Waals surface area contributed by atoms with E-state index < -0.39 is 15.6 Å². The number of phosphoric ester groups is 2. The Labute approximate surface area is 248 Å². The van der Waals surface area contributed by atoms with Crippen LogP contribution in [0.2, 0.25) is 0 Å². The van der Waals surface area contributed by atoms with Gasteiger partial charge in [0, 0.05) is 40.8 Å². The molecular weight excluding hydrogens is 602 g/mol. The molecule has 0 amide bonds. The predicted octanol–water partition coefficient (Wildman–Crippen LogP) is 5.95.